The highest BCUT2D eigenvalue weighted by molar-refractivity contribution is 9.10. The molecule has 3 nitrogen and oxygen atoms in total. The number of halogens is 1. The molecule has 0 saturated carbocycles. The predicted octanol–water partition coefficient (Wildman–Crippen LogP) is 2.16. The lowest BCUT2D eigenvalue weighted by Gasteiger charge is -2.15. The molecule has 76 valence electrons. The van der Waals surface area contributed by atoms with Gasteiger partial charge in [0.25, 0.3) is 0 Å². The van der Waals surface area contributed by atoms with Gasteiger partial charge in [-0.15, -0.1) is 0 Å². The molecule has 0 spiro atoms. The Morgan fingerprint density at radius 2 is 2.29 bits per heavy atom. The van der Waals surface area contributed by atoms with Gasteiger partial charge in [-0.3, -0.25) is 0 Å². The zero-order valence-corrected chi connectivity index (χ0v) is 9.34. The molecule has 1 atom stereocenters. The third-order valence-electron chi connectivity index (χ3n) is 2.60. The molecule has 1 aromatic carbocycles. The van der Waals surface area contributed by atoms with Crippen LogP contribution < -0.4 is 11.1 Å². The van der Waals surface area contributed by atoms with Crippen molar-refractivity contribution < 1.29 is 5.11 Å². The summed E-state index contributed by atoms with van der Waals surface area (Å²) in [5, 5.41) is 13.2. The number of benzene rings is 1. The Bertz CT molecular complexity index is 348. The molecule has 0 radical (unpaired) electrons. The van der Waals surface area contributed by atoms with Gasteiger partial charge in [-0.25, -0.2) is 0 Å². The van der Waals surface area contributed by atoms with Crippen molar-refractivity contribution in [2.45, 2.75) is 18.9 Å². The third-order valence-corrected chi connectivity index (χ3v) is 3.30. The molecule has 4 N–H and O–H groups in total. The van der Waals surface area contributed by atoms with Crippen LogP contribution in [0.5, 0.6) is 5.75 Å². The van der Waals surface area contributed by atoms with Gasteiger partial charge in [0.15, 0.2) is 0 Å². The van der Waals surface area contributed by atoms with Crippen molar-refractivity contribution in [2.24, 2.45) is 0 Å². The Kier molecular flexibility index (Phi) is 2.65. The van der Waals surface area contributed by atoms with Crippen LogP contribution in [0.3, 0.4) is 0 Å². The molecule has 1 fully saturated rings. The van der Waals surface area contributed by atoms with Crippen molar-refractivity contribution in [3.8, 4) is 5.75 Å². The topological polar surface area (TPSA) is 58.3 Å². The van der Waals surface area contributed by atoms with Gasteiger partial charge in [0.1, 0.15) is 5.75 Å². The maximum Gasteiger partial charge on any atom is 0.144 e. The molecule has 1 aliphatic rings. The smallest absolute Gasteiger partial charge is 0.144 e. The number of nitrogens with one attached hydrogen (secondary N) is 1. The number of phenols is 1. The van der Waals surface area contributed by atoms with Crippen molar-refractivity contribution in [1.82, 2.24) is 5.32 Å². The Morgan fingerprint density at radius 3 is 2.93 bits per heavy atom. The first kappa shape index (κ1) is 9.80. The first-order chi connectivity index (χ1) is 6.70. The van der Waals surface area contributed by atoms with E-state index >= 15 is 0 Å². The number of phenolic OH excluding ortho intramolecular Hbond substituents is 1. The molecule has 0 bridgehead atoms. The number of rotatable bonds is 1. The molecule has 0 aromatic heterocycles. The summed E-state index contributed by atoms with van der Waals surface area (Å²) < 4.78 is 0.920. The quantitative estimate of drug-likeness (QED) is 0.533. The van der Waals surface area contributed by atoms with E-state index < -0.39 is 0 Å². The fourth-order valence-corrected chi connectivity index (χ4v) is 2.46. The molecule has 0 aliphatic carbocycles. The van der Waals surface area contributed by atoms with E-state index in [1.165, 1.54) is 0 Å². The van der Waals surface area contributed by atoms with Crippen LogP contribution in [0.25, 0.3) is 0 Å². The van der Waals surface area contributed by atoms with Gasteiger partial charge in [-0.05, 0) is 31.5 Å². The summed E-state index contributed by atoms with van der Waals surface area (Å²) >= 11 is 3.44. The number of anilines is 1. The Morgan fingerprint density at radius 1 is 1.50 bits per heavy atom. The normalized spacial score (nSPS) is 21.4. The van der Waals surface area contributed by atoms with Gasteiger partial charge in [-0.1, -0.05) is 15.9 Å². The Labute approximate surface area is 91.4 Å². The lowest BCUT2D eigenvalue weighted by Crippen LogP contribution is -2.13. The highest BCUT2D eigenvalue weighted by Crippen LogP contribution is 2.39. The second-order valence-electron chi connectivity index (χ2n) is 3.55. The SMILES string of the molecule is Nc1ccc(Br)c(C2CCCN2)c1O. The molecule has 1 saturated heterocycles. The minimum Gasteiger partial charge on any atom is -0.505 e. The summed E-state index contributed by atoms with van der Waals surface area (Å²) in [6, 6.07) is 3.82. The van der Waals surface area contributed by atoms with E-state index in [0.29, 0.717) is 5.69 Å². The van der Waals surface area contributed by atoms with Crippen LogP contribution in [0.15, 0.2) is 16.6 Å². The second-order valence-corrected chi connectivity index (χ2v) is 4.40. The highest BCUT2D eigenvalue weighted by Gasteiger charge is 2.22. The van der Waals surface area contributed by atoms with Gasteiger partial charge < -0.3 is 16.2 Å². The largest absolute Gasteiger partial charge is 0.505 e. The maximum absolute atomic E-state index is 9.84. The lowest BCUT2D eigenvalue weighted by molar-refractivity contribution is 0.459. The molecule has 2 rings (SSSR count). The van der Waals surface area contributed by atoms with E-state index in [1.807, 2.05) is 6.07 Å². The summed E-state index contributed by atoms with van der Waals surface area (Å²) in [5.74, 6) is 0.207. The van der Waals surface area contributed by atoms with E-state index in [9.17, 15) is 5.11 Å². The van der Waals surface area contributed by atoms with Crippen molar-refractivity contribution >= 4 is 21.6 Å². The van der Waals surface area contributed by atoms with Crippen molar-refractivity contribution in [3.05, 3.63) is 22.2 Å². The van der Waals surface area contributed by atoms with Crippen LogP contribution in [0.4, 0.5) is 5.69 Å². The van der Waals surface area contributed by atoms with E-state index in [0.717, 1.165) is 29.4 Å². The molecule has 14 heavy (non-hydrogen) atoms. The summed E-state index contributed by atoms with van der Waals surface area (Å²) in [6.07, 6.45) is 2.20. The average Bonchev–Trinajstić information content (AvgIpc) is 2.65. The van der Waals surface area contributed by atoms with Crippen LogP contribution in [0, 0.1) is 0 Å². The first-order valence-corrected chi connectivity index (χ1v) is 5.49. The van der Waals surface area contributed by atoms with Crippen LogP contribution in [0.1, 0.15) is 24.4 Å². The molecule has 4 heteroatoms. The lowest BCUT2D eigenvalue weighted by atomic mass is 10.0. The molecule has 1 unspecified atom stereocenters. The molecular formula is C10H13BrN2O. The first-order valence-electron chi connectivity index (χ1n) is 4.70. The minimum absolute atomic E-state index is 0.207. The van der Waals surface area contributed by atoms with Gasteiger partial charge in [0.2, 0.25) is 0 Å². The van der Waals surface area contributed by atoms with E-state index in [4.69, 9.17) is 5.73 Å². The van der Waals surface area contributed by atoms with E-state index in [1.54, 1.807) is 6.07 Å². The summed E-state index contributed by atoms with van der Waals surface area (Å²) in [4.78, 5) is 0. The molecule has 0 amide bonds. The van der Waals surface area contributed by atoms with Crippen LogP contribution >= 0.6 is 15.9 Å². The number of nitrogens with two attached hydrogens (primary N) is 1. The summed E-state index contributed by atoms with van der Waals surface area (Å²) in [7, 11) is 0. The summed E-state index contributed by atoms with van der Waals surface area (Å²) in [5.41, 5.74) is 6.99. The standard InChI is InChI=1S/C10H13BrN2O/c11-6-3-4-7(12)10(14)9(6)8-2-1-5-13-8/h3-4,8,13-14H,1-2,5,12H2. The molecule has 1 heterocycles. The van der Waals surface area contributed by atoms with Gasteiger partial charge >= 0.3 is 0 Å². The number of aromatic hydroxyl groups is 1. The Hall–Kier alpha value is -0.740. The maximum atomic E-state index is 9.84. The summed E-state index contributed by atoms with van der Waals surface area (Å²) in [6.45, 7) is 1.01. The minimum atomic E-state index is 0.207. The second kappa shape index (κ2) is 3.79. The van der Waals surface area contributed by atoms with Gasteiger partial charge in [0, 0.05) is 16.1 Å². The zero-order chi connectivity index (χ0) is 10.1. The van der Waals surface area contributed by atoms with Crippen molar-refractivity contribution in [3.63, 3.8) is 0 Å². The number of nitrogen functional groups attached to an aromatic ring is 1. The van der Waals surface area contributed by atoms with Gasteiger partial charge in [-0.2, -0.15) is 0 Å². The van der Waals surface area contributed by atoms with Gasteiger partial charge in [0.05, 0.1) is 5.69 Å². The fourth-order valence-electron chi connectivity index (χ4n) is 1.86. The van der Waals surface area contributed by atoms with E-state index in [-0.39, 0.29) is 11.8 Å². The van der Waals surface area contributed by atoms with Crippen molar-refractivity contribution in [2.75, 3.05) is 12.3 Å². The van der Waals surface area contributed by atoms with Crippen LogP contribution in [-0.4, -0.2) is 11.7 Å². The molecular weight excluding hydrogens is 244 g/mol. The Balaban J connectivity index is 2.44. The third kappa shape index (κ3) is 1.60. The highest BCUT2D eigenvalue weighted by atomic mass is 79.9. The fraction of sp³-hybridized carbons (Fsp3) is 0.400. The molecule has 1 aliphatic heterocycles. The van der Waals surface area contributed by atoms with Crippen LogP contribution in [0.2, 0.25) is 0 Å². The number of hydrogen-bond donors (Lipinski definition) is 3. The van der Waals surface area contributed by atoms with Crippen LogP contribution in [-0.2, 0) is 0 Å². The van der Waals surface area contributed by atoms with E-state index in [2.05, 4.69) is 21.2 Å². The van der Waals surface area contributed by atoms with Crippen molar-refractivity contribution in [1.29, 1.82) is 0 Å². The monoisotopic (exact) mass is 256 g/mol. The number of hydrogen-bond acceptors (Lipinski definition) is 3. The zero-order valence-electron chi connectivity index (χ0n) is 7.76. The predicted molar refractivity (Wildman–Crippen MR) is 60.2 cm³/mol. The molecule has 1 aromatic rings. The average molecular weight is 257 g/mol.